The number of aromatic nitrogens is 1. The van der Waals surface area contributed by atoms with Crippen molar-refractivity contribution in [2.45, 2.75) is 44.3 Å². The SMILES string of the molecule is CC1CC(N)CN1c1c(F)cc2c(=O)ccn(C3CC3)c2c1Cl. The third-order valence-corrected chi connectivity index (χ3v) is 5.27. The van der Waals surface area contributed by atoms with Crippen LogP contribution < -0.4 is 16.1 Å². The Labute approximate surface area is 138 Å². The minimum atomic E-state index is -0.450. The molecule has 1 aromatic heterocycles. The Morgan fingerprint density at radius 2 is 2.13 bits per heavy atom. The molecule has 1 aliphatic heterocycles. The quantitative estimate of drug-likeness (QED) is 0.917. The summed E-state index contributed by atoms with van der Waals surface area (Å²) in [5, 5.41) is 0.673. The molecule has 1 saturated heterocycles. The van der Waals surface area contributed by atoms with Crippen LogP contribution in [-0.2, 0) is 0 Å². The van der Waals surface area contributed by atoms with Crippen molar-refractivity contribution in [1.29, 1.82) is 0 Å². The number of rotatable bonds is 2. The first-order chi connectivity index (χ1) is 11.0. The number of fused-ring (bicyclic) bond motifs is 1. The molecule has 1 aromatic carbocycles. The predicted molar refractivity (Wildman–Crippen MR) is 90.8 cm³/mol. The van der Waals surface area contributed by atoms with Crippen LogP contribution in [0.3, 0.4) is 0 Å². The second-order valence-corrected chi connectivity index (χ2v) is 7.11. The van der Waals surface area contributed by atoms with Crippen LogP contribution in [0.1, 0.15) is 32.2 Å². The summed E-state index contributed by atoms with van der Waals surface area (Å²) in [6.07, 6.45) is 4.70. The Morgan fingerprint density at radius 3 is 2.74 bits per heavy atom. The highest BCUT2D eigenvalue weighted by atomic mass is 35.5. The topological polar surface area (TPSA) is 51.3 Å². The molecule has 0 radical (unpaired) electrons. The summed E-state index contributed by atoms with van der Waals surface area (Å²) in [6, 6.07) is 3.31. The van der Waals surface area contributed by atoms with Crippen LogP contribution in [-0.4, -0.2) is 23.2 Å². The lowest BCUT2D eigenvalue weighted by Crippen LogP contribution is -2.30. The molecule has 6 heteroatoms. The maximum absolute atomic E-state index is 14.7. The number of halogens is 2. The molecule has 0 amide bonds. The van der Waals surface area contributed by atoms with Gasteiger partial charge in [-0.05, 0) is 32.3 Å². The van der Waals surface area contributed by atoms with Crippen LogP contribution in [0.2, 0.25) is 5.02 Å². The van der Waals surface area contributed by atoms with Crippen LogP contribution >= 0.6 is 11.6 Å². The molecule has 2 unspecified atom stereocenters. The fourth-order valence-corrected chi connectivity index (χ4v) is 4.05. The van der Waals surface area contributed by atoms with Gasteiger partial charge in [-0.3, -0.25) is 4.79 Å². The molecule has 0 spiro atoms. The van der Waals surface area contributed by atoms with Crippen LogP contribution in [0, 0.1) is 5.82 Å². The number of nitrogens with two attached hydrogens (primary N) is 1. The van der Waals surface area contributed by atoms with E-state index in [4.69, 9.17) is 17.3 Å². The van der Waals surface area contributed by atoms with Crippen molar-refractivity contribution in [2.75, 3.05) is 11.4 Å². The van der Waals surface area contributed by atoms with Gasteiger partial charge in [-0.2, -0.15) is 0 Å². The standard InChI is InChI=1S/C17H19ClFN3O/c1-9-6-10(20)8-22(9)17-13(19)7-12-14(23)4-5-21(11-2-3-11)16(12)15(17)18/h4-5,7,9-11H,2-3,6,8,20H2,1H3. The van der Waals surface area contributed by atoms with E-state index in [0.29, 0.717) is 34.2 Å². The zero-order valence-electron chi connectivity index (χ0n) is 12.9. The molecule has 2 atom stereocenters. The summed E-state index contributed by atoms with van der Waals surface area (Å²) in [6.45, 7) is 2.59. The lowest BCUT2D eigenvalue weighted by Gasteiger charge is -2.26. The average molecular weight is 336 g/mol. The van der Waals surface area contributed by atoms with E-state index >= 15 is 0 Å². The van der Waals surface area contributed by atoms with E-state index in [2.05, 4.69) is 0 Å². The molecule has 2 aliphatic rings. The summed E-state index contributed by atoms with van der Waals surface area (Å²) in [7, 11) is 0. The first-order valence-corrected chi connectivity index (χ1v) is 8.40. The van der Waals surface area contributed by atoms with Crippen molar-refractivity contribution in [1.82, 2.24) is 4.57 Å². The fourth-order valence-electron chi connectivity index (χ4n) is 3.66. The maximum Gasteiger partial charge on any atom is 0.189 e. The van der Waals surface area contributed by atoms with E-state index in [-0.39, 0.29) is 17.5 Å². The first kappa shape index (κ1) is 15.0. The van der Waals surface area contributed by atoms with Crippen molar-refractivity contribution in [2.24, 2.45) is 5.73 Å². The van der Waals surface area contributed by atoms with Gasteiger partial charge in [0.25, 0.3) is 0 Å². The van der Waals surface area contributed by atoms with E-state index in [1.165, 1.54) is 12.1 Å². The molecular weight excluding hydrogens is 317 g/mol. The summed E-state index contributed by atoms with van der Waals surface area (Å²) in [5.41, 5.74) is 6.84. The minimum Gasteiger partial charge on any atom is -0.364 e. The van der Waals surface area contributed by atoms with Crippen LogP contribution in [0.15, 0.2) is 23.1 Å². The molecule has 122 valence electrons. The van der Waals surface area contributed by atoms with Crippen molar-refractivity contribution in [3.63, 3.8) is 0 Å². The lowest BCUT2D eigenvalue weighted by atomic mass is 10.1. The van der Waals surface area contributed by atoms with Gasteiger partial charge < -0.3 is 15.2 Å². The zero-order valence-corrected chi connectivity index (χ0v) is 13.7. The number of benzene rings is 1. The van der Waals surface area contributed by atoms with Crippen LogP contribution in [0.5, 0.6) is 0 Å². The number of anilines is 1. The fraction of sp³-hybridized carbons (Fsp3) is 0.471. The van der Waals surface area contributed by atoms with E-state index in [1.54, 1.807) is 6.20 Å². The monoisotopic (exact) mass is 335 g/mol. The smallest absolute Gasteiger partial charge is 0.189 e. The van der Waals surface area contributed by atoms with Crippen molar-refractivity contribution in [3.05, 3.63) is 39.4 Å². The number of nitrogens with zero attached hydrogens (tertiary/aromatic N) is 2. The van der Waals surface area contributed by atoms with Crippen LogP contribution in [0.4, 0.5) is 10.1 Å². The summed E-state index contributed by atoms with van der Waals surface area (Å²) in [5.74, 6) is -0.450. The van der Waals surface area contributed by atoms with Crippen molar-refractivity contribution >= 4 is 28.2 Å². The zero-order chi connectivity index (χ0) is 16.3. The summed E-state index contributed by atoms with van der Waals surface area (Å²) < 4.78 is 16.8. The molecule has 1 aliphatic carbocycles. The molecule has 2 N–H and O–H groups in total. The van der Waals surface area contributed by atoms with Gasteiger partial charge in [0.2, 0.25) is 0 Å². The minimum absolute atomic E-state index is 0.0116. The lowest BCUT2D eigenvalue weighted by molar-refractivity contribution is 0.614. The predicted octanol–water partition coefficient (Wildman–Crippen LogP) is 3.05. The molecular formula is C17H19ClFN3O. The molecule has 2 heterocycles. The largest absolute Gasteiger partial charge is 0.364 e. The van der Waals surface area contributed by atoms with E-state index in [0.717, 1.165) is 19.3 Å². The van der Waals surface area contributed by atoms with Gasteiger partial charge in [-0.15, -0.1) is 0 Å². The number of pyridine rings is 1. The Morgan fingerprint density at radius 1 is 1.39 bits per heavy atom. The second kappa shape index (κ2) is 5.21. The van der Waals surface area contributed by atoms with Crippen molar-refractivity contribution in [3.8, 4) is 0 Å². The molecule has 1 saturated carbocycles. The third kappa shape index (κ3) is 2.34. The first-order valence-electron chi connectivity index (χ1n) is 8.02. The van der Waals surface area contributed by atoms with Gasteiger partial charge in [0.1, 0.15) is 5.82 Å². The van der Waals surface area contributed by atoms with E-state index in [1.807, 2.05) is 16.4 Å². The van der Waals surface area contributed by atoms with Gasteiger partial charge in [-0.1, -0.05) is 11.6 Å². The summed E-state index contributed by atoms with van der Waals surface area (Å²) in [4.78, 5) is 14.1. The van der Waals surface area contributed by atoms with Gasteiger partial charge in [0, 0.05) is 36.9 Å². The Bertz CT molecular complexity index is 846. The highest BCUT2D eigenvalue weighted by molar-refractivity contribution is 6.38. The Balaban J connectivity index is 1.99. The normalized spacial score (nSPS) is 24.6. The molecule has 23 heavy (non-hydrogen) atoms. The molecule has 2 fully saturated rings. The average Bonchev–Trinajstić information content (AvgIpc) is 3.27. The Kier molecular flexibility index (Phi) is 3.39. The number of hydrogen-bond acceptors (Lipinski definition) is 3. The van der Waals surface area contributed by atoms with Crippen LogP contribution in [0.25, 0.3) is 10.9 Å². The molecule has 2 aromatic rings. The molecule has 4 nitrogen and oxygen atoms in total. The Hall–Kier alpha value is -1.59. The highest BCUT2D eigenvalue weighted by Crippen LogP contribution is 2.42. The van der Waals surface area contributed by atoms with E-state index in [9.17, 15) is 9.18 Å². The number of hydrogen-bond donors (Lipinski definition) is 1. The maximum atomic E-state index is 14.7. The van der Waals surface area contributed by atoms with Crippen molar-refractivity contribution < 1.29 is 4.39 Å². The highest BCUT2D eigenvalue weighted by Gasteiger charge is 2.32. The molecule has 0 bridgehead atoms. The summed E-state index contributed by atoms with van der Waals surface area (Å²) >= 11 is 6.61. The second-order valence-electron chi connectivity index (χ2n) is 6.73. The third-order valence-electron chi connectivity index (χ3n) is 4.91. The van der Waals surface area contributed by atoms with Gasteiger partial charge in [-0.25, -0.2) is 4.39 Å². The molecule has 4 rings (SSSR count). The van der Waals surface area contributed by atoms with Gasteiger partial charge >= 0.3 is 0 Å². The van der Waals surface area contributed by atoms with Gasteiger partial charge in [0.05, 0.1) is 21.6 Å². The van der Waals surface area contributed by atoms with E-state index < -0.39 is 5.82 Å². The van der Waals surface area contributed by atoms with Gasteiger partial charge in [0.15, 0.2) is 5.43 Å².